The molecule has 1 heterocycles. The molecule has 1 aromatic carbocycles. The van der Waals surface area contributed by atoms with Crippen LogP contribution in [0.3, 0.4) is 0 Å². The average molecular weight is 275 g/mol. The number of benzene rings is 1. The molecule has 3 heteroatoms. The second kappa shape index (κ2) is 7.21. The minimum absolute atomic E-state index is 0.371. The third-order valence-corrected chi connectivity index (χ3v) is 4.12. The molecular formula is C17H29N3. The number of rotatable bonds is 5. The fraction of sp³-hybridized carbons (Fsp3) is 0.647. The Morgan fingerprint density at radius 2 is 1.85 bits per heavy atom. The van der Waals surface area contributed by atoms with Crippen molar-refractivity contribution in [2.45, 2.75) is 26.8 Å². The normalized spacial score (nSPS) is 19.4. The standard InChI is InChI=1S/C17H29N3/c1-14(2)13-19-7-9-20(10-8-19)17(12-18)16-6-4-5-15(3)11-16/h4-6,11,14,17H,7-10,12-13,18H2,1-3H3. The first kappa shape index (κ1) is 15.5. The SMILES string of the molecule is Cc1cccc(C(CN)N2CCN(CC(C)C)CC2)c1. The summed E-state index contributed by atoms with van der Waals surface area (Å²) >= 11 is 0. The highest BCUT2D eigenvalue weighted by Crippen LogP contribution is 2.22. The predicted octanol–water partition coefficient (Wildman–Crippen LogP) is 2.27. The Bertz CT molecular complexity index is 408. The largest absolute Gasteiger partial charge is 0.329 e. The molecule has 1 unspecified atom stereocenters. The minimum atomic E-state index is 0.371. The Hall–Kier alpha value is -0.900. The number of nitrogens with zero attached hydrogens (tertiary/aromatic N) is 2. The number of hydrogen-bond acceptors (Lipinski definition) is 3. The van der Waals surface area contributed by atoms with Crippen molar-refractivity contribution in [2.75, 3.05) is 39.3 Å². The van der Waals surface area contributed by atoms with Crippen LogP contribution >= 0.6 is 0 Å². The summed E-state index contributed by atoms with van der Waals surface area (Å²) in [5.41, 5.74) is 8.73. The van der Waals surface area contributed by atoms with Crippen molar-refractivity contribution in [3.05, 3.63) is 35.4 Å². The Morgan fingerprint density at radius 1 is 1.15 bits per heavy atom. The number of piperazine rings is 1. The van der Waals surface area contributed by atoms with E-state index < -0.39 is 0 Å². The molecule has 3 nitrogen and oxygen atoms in total. The molecule has 1 fully saturated rings. The van der Waals surface area contributed by atoms with Crippen LogP contribution in [0.4, 0.5) is 0 Å². The molecule has 1 saturated heterocycles. The van der Waals surface area contributed by atoms with E-state index in [1.807, 2.05) is 0 Å². The molecule has 0 aromatic heterocycles. The first-order chi connectivity index (χ1) is 9.60. The first-order valence-electron chi connectivity index (χ1n) is 7.83. The van der Waals surface area contributed by atoms with Crippen molar-refractivity contribution < 1.29 is 0 Å². The van der Waals surface area contributed by atoms with Gasteiger partial charge in [0.15, 0.2) is 0 Å². The van der Waals surface area contributed by atoms with Gasteiger partial charge in [0.1, 0.15) is 0 Å². The van der Waals surface area contributed by atoms with Gasteiger partial charge in [-0.15, -0.1) is 0 Å². The third-order valence-electron chi connectivity index (χ3n) is 4.12. The first-order valence-corrected chi connectivity index (χ1v) is 7.83. The van der Waals surface area contributed by atoms with Gasteiger partial charge >= 0.3 is 0 Å². The van der Waals surface area contributed by atoms with Crippen LogP contribution in [0.2, 0.25) is 0 Å². The van der Waals surface area contributed by atoms with Gasteiger partial charge in [-0.1, -0.05) is 43.7 Å². The highest BCUT2D eigenvalue weighted by Gasteiger charge is 2.24. The maximum absolute atomic E-state index is 6.05. The molecule has 0 amide bonds. The van der Waals surface area contributed by atoms with Crippen molar-refractivity contribution >= 4 is 0 Å². The molecule has 1 atom stereocenters. The van der Waals surface area contributed by atoms with E-state index >= 15 is 0 Å². The van der Waals surface area contributed by atoms with Gasteiger partial charge in [-0.05, 0) is 18.4 Å². The smallest absolute Gasteiger partial charge is 0.0471 e. The summed E-state index contributed by atoms with van der Waals surface area (Å²) in [4.78, 5) is 5.12. The molecule has 1 aliphatic rings. The van der Waals surface area contributed by atoms with E-state index in [-0.39, 0.29) is 0 Å². The van der Waals surface area contributed by atoms with E-state index in [4.69, 9.17) is 5.73 Å². The Balaban J connectivity index is 1.97. The van der Waals surface area contributed by atoms with Crippen LogP contribution in [0.15, 0.2) is 24.3 Å². The number of aryl methyl sites for hydroxylation is 1. The summed E-state index contributed by atoms with van der Waals surface area (Å²) in [6, 6.07) is 9.15. The molecular weight excluding hydrogens is 246 g/mol. The molecule has 0 aliphatic carbocycles. The Morgan fingerprint density at radius 3 is 2.40 bits per heavy atom. The molecule has 1 aliphatic heterocycles. The topological polar surface area (TPSA) is 32.5 Å². The van der Waals surface area contributed by atoms with Gasteiger partial charge in [-0.3, -0.25) is 4.90 Å². The van der Waals surface area contributed by atoms with Crippen LogP contribution in [0.1, 0.15) is 31.0 Å². The summed E-state index contributed by atoms with van der Waals surface area (Å²) in [5, 5.41) is 0. The second-order valence-electron chi connectivity index (χ2n) is 6.40. The van der Waals surface area contributed by atoms with Gasteiger partial charge in [0, 0.05) is 45.3 Å². The van der Waals surface area contributed by atoms with E-state index in [1.165, 1.54) is 30.8 Å². The van der Waals surface area contributed by atoms with Gasteiger partial charge < -0.3 is 10.6 Å². The Labute approximate surface area is 123 Å². The van der Waals surface area contributed by atoms with E-state index in [2.05, 4.69) is 54.8 Å². The van der Waals surface area contributed by atoms with Gasteiger partial charge in [0.05, 0.1) is 0 Å². The van der Waals surface area contributed by atoms with Crippen molar-refractivity contribution in [2.24, 2.45) is 11.7 Å². The van der Waals surface area contributed by atoms with Crippen LogP contribution in [-0.2, 0) is 0 Å². The summed E-state index contributed by atoms with van der Waals surface area (Å²) in [6.07, 6.45) is 0. The number of hydrogen-bond donors (Lipinski definition) is 1. The van der Waals surface area contributed by atoms with Gasteiger partial charge in [0.25, 0.3) is 0 Å². The van der Waals surface area contributed by atoms with Crippen LogP contribution in [0, 0.1) is 12.8 Å². The summed E-state index contributed by atoms with van der Waals surface area (Å²) in [5.74, 6) is 0.753. The maximum atomic E-state index is 6.05. The van der Waals surface area contributed by atoms with E-state index in [1.54, 1.807) is 0 Å². The van der Waals surface area contributed by atoms with Crippen LogP contribution < -0.4 is 5.73 Å². The monoisotopic (exact) mass is 275 g/mol. The highest BCUT2D eigenvalue weighted by molar-refractivity contribution is 5.25. The van der Waals surface area contributed by atoms with Crippen LogP contribution in [-0.4, -0.2) is 49.1 Å². The average Bonchev–Trinajstić information content (AvgIpc) is 2.41. The zero-order chi connectivity index (χ0) is 14.5. The summed E-state index contributed by atoms with van der Waals surface area (Å²) < 4.78 is 0. The lowest BCUT2D eigenvalue weighted by atomic mass is 10.0. The molecule has 0 radical (unpaired) electrons. The maximum Gasteiger partial charge on any atom is 0.0471 e. The van der Waals surface area contributed by atoms with Gasteiger partial charge in [0.2, 0.25) is 0 Å². The highest BCUT2D eigenvalue weighted by atomic mass is 15.3. The molecule has 112 valence electrons. The van der Waals surface area contributed by atoms with Gasteiger partial charge in [-0.25, -0.2) is 0 Å². The van der Waals surface area contributed by atoms with Crippen molar-refractivity contribution in [1.82, 2.24) is 9.80 Å². The van der Waals surface area contributed by atoms with E-state index in [0.717, 1.165) is 19.0 Å². The van der Waals surface area contributed by atoms with Crippen molar-refractivity contribution in [3.8, 4) is 0 Å². The fourth-order valence-corrected chi connectivity index (χ4v) is 3.15. The summed E-state index contributed by atoms with van der Waals surface area (Å²) in [6.45, 7) is 13.2. The zero-order valence-electron chi connectivity index (χ0n) is 13.2. The molecule has 2 rings (SSSR count). The van der Waals surface area contributed by atoms with Crippen LogP contribution in [0.5, 0.6) is 0 Å². The van der Waals surface area contributed by atoms with Crippen molar-refractivity contribution in [1.29, 1.82) is 0 Å². The van der Waals surface area contributed by atoms with Gasteiger partial charge in [-0.2, -0.15) is 0 Å². The lowest BCUT2D eigenvalue weighted by Crippen LogP contribution is -2.49. The summed E-state index contributed by atoms with van der Waals surface area (Å²) in [7, 11) is 0. The molecule has 0 saturated carbocycles. The molecule has 20 heavy (non-hydrogen) atoms. The quantitative estimate of drug-likeness (QED) is 0.895. The van der Waals surface area contributed by atoms with E-state index in [9.17, 15) is 0 Å². The zero-order valence-corrected chi connectivity index (χ0v) is 13.2. The minimum Gasteiger partial charge on any atom is -0.329 e. The third kappa shape index (κ3) is 4.05. The van der Waals surface area contributed by atoms with E-state index in [0.29, 0.717) is 12.6 Å². The van der Waals surface area contributed by atoms with Crippen molar-refractivity contribution in [3.63, 3.8) is 0 Å². The number of nitrogens with two attached hydrogens (primary N) is 1. The molecule has 1 aromatic rings. The fourth-order valence-electron chi connectivity index (χ4n) is 3.15. The van der Waals surface area contributed by atoms with Crippen LogP contribution in [0.25, 0.3) is 0 Å². The Kier molecular flexibility index (Phi) is 5.58. The lowest BCUT2D eigenvalue weighted by Gasteiger charge is -2.39. The lowest BCUT2D eigenvalue weighted by molar-refractivity contribution is 0.0912. The second-order valence-corrected chi connectivity index (χ2v) is 6.40. The molecule has 2 N–H and O–H groups in total. The molecule has 0 spiro atoms. The molecule has 0 bridgehead atoms. The predicted molar refractivity (Wildman–Crippen MR) is 85.8 cm³/mol.